The smallest absolute Gasteiger partial charge is 0.276 e. The molecule has 8 heteroatoms. The number of hydrogen-bond donors (Lipinski definition) is 0. The summed E-state index contributed by atoms with van der Waals surface area (Å²) in [6, 6.07) is 8.93. The molecule has 1 amide bonds. The molecule has 7 nitrogen and oxygen atoms in total. The fraction of sp³-hybridized carbons (Fsp3) is 0.368. The first-order chi connectivity index (χ1) is 13.2. The van der Waals surface area contributed by atoms with Crippen LogP contribution in [0.1, 0.15) is 41.9 Å². The van der Waals surface area contributed by atoms with Crippen LogP contribution in [0.4, 0.5) is 0 Å². The SMILES string of the molecule is CCn1nccc1-c1nc(C2CCN(C(=O)c3cccc(Cl)c3)CC2)no1. The van der Waals surface area contributed by atoms with Gasteiger partial charge < -0.3 is 9.42 Å². The molecule has 1 aliphatic rings. The van der Waals surface area contributed by atoms with E-state index in [1.807, 2.05) is 22.6 Å². The number of nitrogens with zero attached hydrogens (tertiary/aromatic N) is 5. The number of halogens is 1. The summed E-state index contributed by atoms with van der Waals surface area (Å²) >= 11 is 5.99. The van der Waals surface area contributed by atoms with E-state index in [-0.39, 0.29) is 11.8 Å². The molecular formula is C19H20ClN5O2. The van der Waals surface area contributed by atoms with Gasteiger partial charge in [0.2, 0.25) is 0 Å². The van der Waals surface area contributed by atoms with Gasteiger partial charge in [0, 0.05) is 42.3 Å². The summed E-state index contributed by atoms with van der Waals surface area (Å²) in [5, 5.41) is 8.97. The highest BCUT2D eigenvalue weighted by molar-refractivity contribution is 6.30. The van der Waals surface area contributed by atoms with Crippen molar-refractivity contribution in [1.82, 2.24) is 24.8 Å². The van der Waals surface area contributed by atoms with Gasteiger partial charge in [0.05, 0.1) is 0 Å². The molecule has 1 aromatic carbocycles. The van der Waals surface area contributed by atoms with E-state index in [0.29, 0.717) is 35.4 Å². The van der Waals surface area contributed by atoms with Gasteiger partial charge in [-0.15, -0.1) is 0 Å². The summed E-state index contributed by atoms with van der Waals surface area (Å²) in [4.78, 5) is 19.1. The standard InChI is InChI=1S/C19H20ClN5O2/c1-2-25-16(6-9-21-25)18-22-17(23-27-18)13-7-10-24(11-8-13)19(26)14-4-3-5-15(20)12-14/h3-6,9,12-13H,2,7-8,10-11H2,1H3. The van der Waals surface area contributed by atoms with E-state index in [4.69, 9.17) is 16.1 Å². The van der Waals surface area contributed by atoms with Gasteiger partial charge in [0.1, 0.15) is 5.69 Å². The molecular weight excluding hydrogens is 366 g/mol. The Balaban J connectivity index is 1.42. The van der Waals surface area contributed by atoms with Crippen LogP contribution in [0.5, 0.6) is 0 Å². The Bertz CT molecular complexity index is 943. The first-order valence-corrected chi connectivity index (χ1v) is 9.44. The number of likely N-dealkylation sites (tertiary alicyclic amines) is 1. The van der Waals surface area contributed by atoms with E-state index in [0.717, 1.165) is 25.1 Å². The fourth-order valence-corrected chi connectivity index (χ4v) is 3.61. The second kappa shape index (κ2) is 7.52. The van der Waals surface area contributed by atoms with Gasteiger partial charge in [0.25, 0.3) is 11.8 Å². The lowest BCUT2D eigenvalue weighted by atomic mass is 9.95. The lowest BCUT2D eigenvalue weighted by molar-refractivity contribution is 0.0710. The summed E-state index contributed by atoms with van der Waals surface area (Å²) in [6.45, 7) is 4.07. The molecule has 4 rings (SSSR count). The number of benzene rings is 1. The minimum absolute atomic E-state index is 0.0107. The maximum atomic E-state index is 12.6. The summed E-state index contributed by atoms with van der Waals surface area (Å²) in [5.41, 5.74) is 1.44. The van der Waals surface area contributed by atoms with E-state index < -0.39 is 0 Å². The molecule has 2 aromatic heterocycles. The van der Waals surface area contributed by atoms with Gasteiger partial charge in [-0.1, -0.05) is 22.8 Å². The molecule has 0 aliphatic carbocycles. The van der Waals surface area contributed by atoms with Crippen molar-refractivity contribution in [2.24, 2.45) is 0 Å². The van der Waals surface area contributed by atoms with Gasteiger partial charge >= 0.3 is 0 Å². The molecule has 1 aliphatic heterocycles. The van der Waals surface area contributed by atoms with Gasteiger partial charge in [0.15, 0.2) is 5.82 Å². The normalized spacial score (nSPS) is 15.3. The van der Waals surface area contributed by atoms with Gasteiger partial charge in [-0.25, -0.2) is 0 Å². The average Bonchev–Trinajstić information content (AvgIpc) is 3.36. The molecule has 3 heterocycles. The third kappa shape index (κ3) is 3.60. The zero-order valence-electron chi connectivity index (χ0n) is 15.0. The van der Waals surface area contributed by atoms with Gasteiger partial charge in [-0.3, -0.25) is 9.48 Å². The van der Waals surface area contributed by atoms with Crippen LogP contribution in [0.25, 0.3) is 11.6 Å². The minimum atomic E-state index is 0.0107. The fourth-order valence-electron chi connectivity index (χ4n) is 3.42. The number of hydrogen-bond acceptors (Lipinski definition) is 5. The molecule has 0 radical (unpaired) electrons. The summed E-state index contributed by atoms with van der Waals surface area (Å²) in [6.07, 6.45) is 3.33. The first kappa shape index (κ1) is 17.7. The highest BCUT2D eigenvalue weighted by Gasteiger charge is 2.28. The Morgan fingerprint density at radius 2 is 2.11 bits per heavy atom. The molecule has 3 aromatic rings. The Kier molecular flexibility index (Phi) is 4.94. The monoisotopic (exact) mass is 385 g/mol. The zero-order valence-corrected chi connectivity index (χ0v) is 15.8. The van der Waals surface area contributed by atoms with Gasteiger partial charge in [-0.2, -0.15) is 10.1 Å². The predicted molar refractivity (Wildman–Crippen MR) is 101 cm³/mol. The van der Waals surface area contributed by atoms with Crippen LogP contribution in [-0.2, 0) is 6.54 Å². The van der Waals surface area contributed by atoms with E-state index in [2.05, 4.69) is 15.2 Å². The summed E-state index contributed by atoms with van der Waals surface area (Å²) in [7, 11) is 0. The van der Waals surface area contributed by atoms with Crippen molar-refractivity contribution in [1.29, 1.82) is 0 Å². The van der Waals surface area contributed by atoms with Crippen molar-refractivity contribution >= 4 is 17.5 Å². The topological polar surface area (TPSA) is 77.1 Å². The highest BCUT2D eigenvalue weighted by atomic mass is 35.5. The number of carbonyl (C=O) groups excluding carboxylic acids is 1. The Hall–Kier alpha value is -2.67. The number of aromatic nitrogens is 4. The quantitative estimate of drug-likeness (QED) is 0.685. The first-order valence-electron chi connectivity index (χ1n) is 9.06. The van der Waals surface area contributed by atoms with E-state index in [9.17, 15) is 4.79 Å². The molecule has 0 atom stereocenters. The second-order valence-corrected chi connectivity index (χ2v) is 7.00. The maximum Gasteiger partial charge on any atom is 0.276 e. The molecule has 27 heavy (non-hydrogen) atoms. The molecule has 0 unspecified atom stereocenters. The Labute approximate surface area is 161 Å². The third-order valence-corrected chi connectivity index (χ3v) is 5.13. The molecule has 140 valence electrons. The molecule has 1 saturated heterocycles. The molecule has 0 bridgehead atoms. The van der Waals surface area contributed by atoms with Crippen LogP contribution in [0, 0.1) is 0 Å². The van der Waals surface area contributed by atoms with Crippen molar-refractivity contribution in [2.45, 2.75) is 32.2 Å². The lowest BCUT2D eigenvalue weighted by Crippen LogP contribution is -2.38. The van der Waals surface area contributed by atoms with Crippen LogP contribution < -0.4 is 0 Å². The van der Waals surface area contributed by atoms with Crippen molar-refractivity contribution in [3.05, 3.63) is 52.9 Å². The lowest BCUT2D eigenvalue weighted by Gasteiger charge is -2.30. The van der Waals surface area contributed by atoms with Crippen molar-refractivity contribution in [3.8, 4) is 11.6 Å². The van der Waals surface area contributed by atoms with Crippen molar-refractivity contribution in [3.63, 3.8) is 0 Å². The van der Waals surface area contributed by atoms with E-state index >= 15 is 0 Å². The molecule has 1 fully saturated rings. The van der Waals surface area contributed by atoms with Crippen LogP contribution in [0.15, 0.2) is 41.1 Å². The van der Waals surface area contributed by atoms with E-state index in [1.54, 1.807) is 30.5 Å². The minimum Gasteiger partial charge on any atom is -0.339 e. The number of amides is 1. The molecule has 0 N–H and O–H groups in total. The van der Waals surface area contributed by atoms with Crippen LogP contribution in [-0.4, -0.2) is 43.8 Å². The van der Waals surface area contributed by atoms with Crippen LogP contribution >= 0.6 is 11.6 Å². The number of aryl methyl sites for hydroxylation is 1. The highest BCUT2D eigenvalue weighted by Crippen LogP contribution is 2.29. The van der Waals surface area contributed by atoms with Crippen LogP contribution in [0.2, 0.25) is 5.02 Å². The third-order valence-electron chi connectivity index (χ3n) is 4.90. The predicted octanol–water partition coefficient (Wildman–Crippen LogP) is 3.63. The average molecular weight is 386 g/mol. The number of piperidine rings is 1. The van der Waals surface area contributed by atoms with Crippen molar-refractivity contribution < 1.29 is 9.32 Å². The molecule has 0 saturated carbocycles. The van der Waals surface area contributed by atoms with E-state index in [1.165, 1.54) is 0 Å². The number of rotatable bonds is 4. The Morgan fingerprint density at radius 3 is 2.85 bits per heavy atom. The summed E-state index contributed by atoms with van der Waals surface area (Å²) < 4.78 is 7.27. The zero-order chi connectivity index (χ0) is 18.8. The Morgan fingerprint density at radius 1 is 1.30 bits per heavy atom. The second-order valence-electron chi connectivity index (χ2n) is 6.57. The van der Waals surface area contributed by atoms with Crippen LogP contribution in [0.3, 0.4) is 0 Å². The largest absolute Gasteiger partial charge is 0.339 e. The van der Waals surface area contributed by atoms with Gasteiger partial charge in [-0.05, 0) is 44.0 Å². The number of carbonyl (C=O) groups is 1. The summed E-state index contributed by atoms with van der Waals surface area (Å²) in [5.74, 6) is 1.38. The molecule has 0 spiro atoms. The maximum absolute atomic E-state index is 12.6. The van der Waals surface area contributed by atoms with Crippen molar-refractivity contribution in [2.75, 3.05) is 13.1 Å².